The lowest BCUT2D eigenvalue weighted by Gasteiger charge is -2.36. The van der Waals surface area contributed by atoms with Crippen LogP contribution in [-0.2, 0) is 4.74 Å². The lowest BCUT2D eigenvalue weighted by Crippen LogP contribution is -2.47. The minimum Gasteiger partial charge on any atom is -0.372 e. The number of ether oxygens (including phenoxy) is 1. The second-order valence-corrected chi connectivity index (χ2v) is 4.41. The van der Waals surface area contributed by atoms with Gasteiger partial charge in [-0.3, -0.25) is 0 Å². The highest BCUT2D eigenvalue weighted by Crippen LogP contribution is 2.21. The fourth-order valence-corrected chi connectivity index (χ4v) is 1.69. The molecule has 1 aliphatic rings. The first-order valence-corrected chi connectivity index (χ1v) is 5.10. The Morgan fingerprint density at radius 3 is 2.57 bits per heavy atom. The van der Waals surface area contributed by atoms with E-state index in [0.29, 0.717) is 6.04 Å². The van der Waals surface area contributed by atoms with Gasteiger partial charge in [-0.2, -0.15) is 0 Å². The van der Waals surface area contributed by atoms with E-state index in [0.717, 1.165) is 13.2 Å². The smallest absolute Gasteiger partial charge is 0.0751 e. The molecule has 0 spiro atoms. The van der Waals surface area contributed by atoms with Crippen molar-refractivity contribution in [2.75, 3.05) is 13.2 Å². The molecule has 1 aromatic carbocycles. The normalized spacial score (nSPS) is 26.0. The van der Waals surface area contributed by atoms with E-state index in [9.17, 15) is 0 Å². The summed E-state index contributed by atoms with van der Waals surface area (Å²) in [7, 11) is 0. The molecule has 1 heterocycles. The van der Waals surface area contributed by atoms with Crippen molar-refractivity contribution >= 4 is 0 Å². The highest BCUT2D eigenvalue weighted by Gasteiger charge is 2.27. The largest absolute Gasteiger partial charge is 0.372 e. The summed E-state index contributed by atoms with van der Waals surface area (Å²) in [6, 6.07) is 10.8. The summed E-state index contributed by atoms with van der Waals surface area (Å²) >= 11 is 0. The van der Waals surface area contributed by atoms with Crippen LogP contribution >= 0.6 is 0 Å². The molecule has 1 fully saturated rings. The van der Waals surface area contributed by atoms with Crippen LogP contribution < -0.4 is 5.32 Å². The molecule has 2 heteroatoms. The average Bonchev–Trinajstić information content (AvgIpc) is 2.19. The van der Waals surface area contributed by atoms with Crippen molar-refractivity contribution in [2.24, 2.45) is 0 Å². The molecule has 1 aliphatic heterocycles. The van der Waals surface area contributed by atoms with Gasteiger partial charge < -0.3 is 10.1 Å². The van der Waals surface area contributed by atoms with Crippen LogP contribution in [0.1, 0.15) is 25.5 Å². The van der Waals surface area contributed by atoms with Crippen LogP contribution in [0.3, 0.4) is 0 Å². The maximum atomic E-state index is 5.77. The molecule has 1 atom stereocenters. The molecule has 0 saturated carbocycles. The number of benzene rings is 1. The number of rotatable bonds is 1. The highest BCUT2D eigenvalue weighted by molar-refractivity contribution is 5.19. The van der Waals surface area contributed by atoms with Gasteiger partial charge in [0.1, 0.15) is 0 Å². The van der Waals surface area contributed by atoms with E-state index in [-0.39, 0.29) is 5.60 Å². The molecule has 0 bridgehead atoms. The Kier molecular flexibility index (Phi) is 2.57. The molecule has 1 aromatic rings. The molecule has 1 N–H and O–H groups in total. The third kappa shape index (κ3) is 2.14. The van der Waals surface area contributed by atoms with Crippen LogP contribution in [0.4, 0.5) is 0 Å². The summed E-state index contributed by atoms with van der Waals surface area (Å²) in [6.07, 6.45) is 0. The zero-order valence-electron chi connectivity index (χ0n) is 8.79. The van der Waals surface area contributed by atoms with Crippen LogP contribution in [-0.4, -0.2) is 18.8 Å². The summed E-state index contributed by atoms with van der Waals surface area (Å²) in [6.45, 7) is 5.89. The Labute approximate surface area is 85.3 Å². The molecule has 0 aliphatic carbocycles. The first-order valence-electron chi connectivity index (χ1n) is 5.10. The third-order valence-corrected chi connectivity index (χ3v) is 2.62. The molecule has 1 saturated heterocycles. The zero-order valence-corrected chi connectivity index (χ0v) is 8.79. The van der Waals surface area contributed by atoms with Gasteiger partial charge in [-0.25, -0.2) is 0 Å². The summed E-state index contributed by atoms with van der Waals surface area (Å²) in [5.74, 6) is 0. The summed E-state index contributed by atoms with van der Waals surface area (Å²) in [5, 5.41) is 3.50. The predicted octanol–water partition coefficient (Wildman–Crippen LogP) is 2.13. The van der Waals surface area contributed by atoms with Gasteiger partial charge >= 0.3 is 0 Å². The first kappa shape index (κ1) is 9.69. The molecule has 14 heavy (non-hydrogen) atoms. The second kappa shape index (κ2) is 3.71. The van der Waals surface area contributed by atoms with Crippen molar-refractivity contribution in [3.8, 4) is 0 Å². The predicted molar refractivity (Wildman–Crippen MR) is 57.2 cm³/mol. The molecular formula is C12H17NO. The van der Waals surface area contributed by atoms with Gasteiger partial charge in [0.2, 0.25) is 0 Å². The second-order valence-electron chi connectivity index (χ2n) is 4.41. The van der Waals surface area contributed by atoms with E-state index in [1.165, 1.54) is 5.56 Å². The minimum atomic E-state index is -0.0225. The maximum absolute atomic E-state index is 5.77. The van der Waals surface area contributed by atoms with E-state index in [4.69, 9.17) is 4.74 Å². The van der Waals surface area contributed by atoms with Crippen LogP contribution in [0.5, 0.6) is 0 Å². The SMILES string of the molecule is CC1(C)CNC(c2ccccc2)CO1. The number of nitrogens with one attached hydrogen (secondary N) is 1. The summed E-state index contributed by atoms with van der Waals surface area (Å²) in [5.41, 5.74) is 1.29. The van der Waals surface area contributed by atoms with Gasteiger partial charge in [0, 0.05) is 6.54 Å². The fraction of sp³-hybridized carbons (Fsp3) is 0.500. The van der Waals surface area contributed by atoms with Crippen molar-refractivity contribution in [1.82, 2.24) is 5.32 Å². The van der Waals surface area contributed by atoms with Gasteiger partial charge in [-0.15, -0.1) is 0 Å². The summed E-state index contributed by atoms with van der Waals surface area (Å²) < 4.78 is 5.77. The lowest BCUT2D eigenvalue weighted by atomic mass is 10.0. The van der Waals surface area contributed by atoms with Gasteiger partial charge in [0.05, 0.1) is 18.2 Å². The zero-order chi connectivity index (χ0) is 10.0. The Hall–Kier alpha value is -0.860. The molecule has 2 rings (SSSR count). The van der Waals surface area contributed by atoms with Crippen molar-refractivity contribution in [3.05, 3.63) is 35.9 Å². The van der Waals surface area contributed by atoms with Crippen molar-refractivity contribution in [3.63, 3.8) is 0 Å². The van der Waals surface area contributed by atoms with Crippen molar-refractivity contribution < 1.29 is 4.74 Å². The van der Waals surface area contributed by atoms with E-state index in [2.05, 4.69) is 43.4 Å². The third-order valence-electron chi connectivity index (χ3n) is 2.62. The van der Waals surface area contributed by atoms with E-state index in [1.54, 1.807) is 0 Å². The summed E-state index contributed by atoms with van der Waals surface area (Å²) in [4.78, 5) is 0. The Balaban J connectivity index is 2.03. The highest BCUT2D eigenvalue weighted by atomic mass is 16.5. The van der Waals surface area contributed by atoms with Gasteiger partial charge in [-0.1, -0.05) is 30.3 Å². The number of morpholine rings is 1. The number of hydrogen-bond acceptors (Lipinski definition) is 2. The van der Waals surface area contributed by atoms with E-state index in [1.807, 2.05) is 6.07 Å². The van der Waals surface area contributed by atoms with Crippen molar-refractivity contribution in [1.29, 1.82) is 0 Å². The quantitative estimate of drug-likeness (QED) is 0.734. The molecule has 0 amide bonds. The Morgan fingerprint density at radius 2 is 2.00 bits per heavy atom. The van der Waals surface area contributed by atoms with Crippen molar-refractivity contribution in [2.45, 2.75) is 25.5 Å². The Bertz CT molecular complexity index is 284. The van der Waals surface area contributed by atoms with E-state index < -0.39 is 0 Å². The van der Waals surface area contributed by atoms with Gasteiger partial charge in [-0.05, 0) is 19.4 Å². The maximum Gasteiger partial charge on any atom is 0.0751 e. The average molecular weight is 191 g/mol. The van der Waals surface area contributed by atoms with Gasteiger partial charge in [0.15, 0.2) is 0 Å². The molecule has 76 valence electrons. The standard InChI is InChI=1S/C12H17NO/c1-12(2)9-13-11(8-14-12)10-6-4-3-5-7-10/h3-7,11,13H,8-9H2,1-2H3. The monoisotopic (exact) mass is 191 g/mol. The van der Waals surface area contributed by atoms with Crippen LogP contribution in [0.2, 0.25) is 0 Å². The number of hydrogen-bond donors (Lipinski definition) is 1. The molecule has 0 radical (unpaired) electrons. The lowest BCUT2D eigenvalue weighted by molar-refractivity contribution is -0.0586. The van der Waals surface area contributed by atoms with E-state index >= 15 is 0 Å². The Morgan fingerprint density at radius 1 is 1.29 bits per heavy atom. The fourth-order valence-electron chi connectivity index (χ4n) is 1.69. The van der Waals surface area contributed by atoms with Crippen LogP contribution in [0.15, 0.2) is 30.3 Å². The molecular weight excluding hydrogens is 174 g/mol. The minimum absolute atomic E-state index is 0.0225. The van der Waals surface area contributed by atoms with Crippen LogP contribution in [0, 0.1) is 0 Å². The molecule has 2 nitrogen and oxygen atoms in total. The molecule has 0 aromatic heterocycles. The first-order chi connectivity index (χ1) is 6.67. The van der Waals surface area contributed by atoms with Crippen LogP contribution in [0.25, 0.3) is 0 Å². The topological polar surface area (TPSA) is 21.3 Å². The van der Waals surface area contributed by atoms with Gasteiger partial charge in [0.25, 0.3) is 0 Å². The molecule has 1 unspecified atom stereocenters.